The van der Waals surface area contributed by atoms with Gasteiger partial charge in [0.15, 0.2) is 17.1 Å². The van der Waals surface area contributed by atoms with Gasteiger partial charge in [0.2, 0.25) is 0 Å². The summed E-state index contributed by atoms with van der Waals surface area (Å²) in [4.78, 5) is 8.84. The Labute approximate surface area is 89.5 Å². The molecular weight excluding hydrogens is 188 g/mol. The van der Waals surface area contributed by atoms with Crippen molar-refractivity contribution < 1.29 is 4.42 Å². The minimum absolute atomic E-state index is 0.0551. The molecule has 0 aliphatic heterocycles. The van der Waals surface area contributed by atoms with Gasteiger partial charge >= 0.3 is 0 Å². The highest BCUT2D eigenvalue weighted by Gasteiger charge is 2.17. The van der Waals surface area contributed by atoms with Gasteiger partial charge in [-0.15, -0.1) is 0 Å². The van der Waals surface area contributed by atoms with Gasteiger partial charge < -0.3 is 4.42 Å². The van der Waals surface area contributed by atoms with Crippen LogP contribution in [-0.4, -0.2) is 9.97 Å². The van der Waals surface area contributed by atoms with Crippen LogP contribution in [0.2, 0.25) is 0 Å². The molecule has 3 heteroatoms. The second-order valence-corrected chi connectivity index (χ2v) is 4.73. The number of aromatic nitrogens is 2. The highest BCUT2D eigenvalue weighted by molar-refractivity contribution is 5.67. The van der Waals surface area contributed by atoms with Crippen molar-refractivity contribution in [1.82, 2.24) is 9.97 Å². The minimum atomic E-state index is 0.0551. The number of rotatable bonds is 1. The summed E-state index contributed by atoms with van der Waals surface area (Å²) in [6.45, 7) is 8.45. The summed E-state index contributed by atoms with van der Waals surface area (Å²) in [7, 11) is 0. The van der Waals surface area contributed by atoms with Crippen molar-refractivity contribution in [2.75, 3.05) is 0 Å². The molecule has 2 heterocycles. The molecule has 0 aliphatic rings. The molecule has 0 saturated carbocycles. The lowest BCUT2D eigenvalue weighted by atomic mass is 9.92. The summed E-state index contributed by atoms with van der Waals surface area (Å²) >= 11 is 0. The van der Waals surface area contributed by atoms with Crippen LogP contribution >= 0.6 is 0 Å². The van der Waals surface area contributed by atoms with Gasteiger partial charge in [-0.1, -0.05) is 27.7 Å². The summed E-state index contributed by atoms with van der Waals surface area (Å²) in [5.74, 6) is 0.753. The predicted octanol–water partition coefficient (Wildman–Crippen LogP) is 3.08. The maximum atomic E-state index is 5.51. The van der Waals surface area contributed by atoms with E-state index >= 15 is 0 Å². The third-order valence-electron chi connectivity index (χ3n) is 2.37. The Morgan fingerprint density at radius 2 is 1.93 bits per heavy atom. The first kappa shape index (κ1) is 10.1. The summed E-state index contributed by atoms with van der Waals surface area (Å²) in [5, 5.41) is 0. The van der Waals surface area contributed by atoms with E-state index < -0.39 is 0 Å². The van der Waals surface area contributed by atoms with Crippen molar-refractivity contribution in [3.63, 3.8) is 0 Å². The van der Waals surface area contributed by atoms with Gasteiger partial charge in [-0.3, -0.25) is 0 Å². The molecule has 0 saturated heterocycles. The Kier molecular flexibility index (Phi) is 2.25. The first-order valence-corrected chi connectivity index (χ1v) is 5.27. The van der Waals surface area contributed by atoms with E-state index in [1.54, 1.807) is 0 Å². The van der Waals surface area contributed by atoms with E-state index in [4.69, 9.17) is 4.42 Å². The second kappa shape index (κ2) is 3.33. The van der Waals surface area contributed by atoms with Crippen LogP contribution < -0.4 is 0 Å². The quantitative estimate of drug-likeness (QED) is 0.716. The first-order valence-electron chi connectivity index (χ1n) is 5.27. The number of pyridine rings is 1. The molecule has 2 aromatic rings. The lowest BCUT2D eigenvalue weighted by molar-refractivity contribution is 0.537. The fourth-order valence-electron chi connectivity index (χ4n) is 1.43. The van der Waals surface area contributed by atoms with E-state index in [-0.39, 0.29) is 5.41 Å². The molecule has 3 nitrogen and oxygen atoms in total. The molecule has 0 aliphatic carbocycles. The molecule has 15 heavy (non-hydrogen) atoms. The molecule has 2 aromatic heterocycles. The van der Waals surface area contributed by atoms with Crippen molar-refractivity contribution in [2.45, 2.75) is 39.5 Å². The zero-order valence-corrected chi connectivity index (χ0v) is 9.66. The molecule has 0 unspecified atom stereocenters. The van der Waals surface area contributed by atoms with Crippen LogP contribution in [0.25, 0.3) is 11.2 Å². The summed E-state index contributed by atoms with van der Waals surface area (Å²) in [5.41, 5.74) is 2.60. The Hall–Kier alpha value is -1.38. The second-order valence-electron chi connectivity index (χ2n) is 4.73. The number of aryl methyl sites for hydroxylation is 1. The van der Waals surface area contributed by atoms with Crippen LogP contribution in [0.15, 0.2) is 16.5 Å². The van der Waals surface area contributed by atoms with Crippen LogP contribution in [0.4, 0.5) is 0 Å². The van der Waals surface area contributed by atoms with Gasteiger partial charge in [-0.25, -0.2) is 4.98 Å². The molecule has 0 atom stereocenters. The molecule has 0 fully saturated rings. The highest BCUT2D eigenvalue weighted by Crippen LogP contribution is 2.23. The highest BCUT2D eigenvalue weighted by atomic mass is 16.3. The first-order chi connectivity index (χ1) is 7.00. The molecule has 0 spiro atoms. The molecular formula is C12H16N2O. The zero-order chi connectivity index (χ0) is 11.1. The van der Waals surface area contributed by atoms with E-state index in [2.05, 4.69) is 30.7 Å². The Balaban J connectivity index is 2.55. The average molecular weight is 204 g/mol. The van der Waals surface area contributed by atoms with E-state index in [0.29, 0.717) is 0 Å². The number of oxazole rings is 1. The Morgan fingerprint density at radius 3 is 2.53 bits per heavy atom. The predicted molar refractivity (Wildman–Crippen MR) is 59.9 cm³/mol. The third-order valence-corrected chi connectivity index (χ3v) is 2.37. The molecule has 0 bridgehead atoms. The van der Waals surface area contributed by atoms with Crippen LogP contribution in [-0.2, 0) is 11.8 Å². The molecule has 80 valence electrons. The Morgan fingerprint density at radius 1 is 1.20 bits per heavy atom. The van der Waals surface area contributed by atoms with Crippen molar-refractivity contribution in [2.24, 2.45) is 0 Å². The van der Waals surface area contributed by atoms with Crippen LogP contribution in [0.5, 0.6) is 0 Å². The third kappa shape index (κ3) is 1.87. The van der Waals surface area contributed by atoms with Gasteiger partial charge in [0.25, 0.3) is 0 Å². The maximum Gasteiger partial charge on any atom is 0.199 e. The fraction of sp³-hybridized carbons (Fsp3) is 0.500. The van der Waals surface area contributed by atoms with Gasteiger partial charge in [-0.05, 0) is 12.1 Å². The Bertz CT molecular complexity index is 480. The van der Waals surface area contributed by atoms with Crippen LogP contribution in [0.3, 0.4) is 0 Å². The van der Waals surface area contributed by atoms with Crippen molar-refractivity contribution >= 4 is 11.2 Å². The molecule has 2 rings (SSSR count). The van der Waals surface area contributed by atoms with E-state index in [1.807, 2.05) is 19.1 Å². The average Bonchev–Trinajstić information content (AvgIpc) is 2.57. The van der Waals surface area contributed by atoms with E-state index in [9.17, 15) is 0 Å². The largest absolute Gasteiger partial charge is 0.439 e. The molecule has 0 radical (unpaired) electrons. The fourth-order valence-corrected chi connectivity index (χ4v) is 1.43. The number of hydrogen-bond acceptors (Lipinski definition) is 3. The van der Waals surface area contributed by atoms with E-state index in [0.717, 1.165) is 29.2 Å². The van der Waals surface area contributed by atoms with Gasteiger partial charge in [0.1, 0.15) is 0 Å². The van der Waals surface area contributed by atoms with Crippen molar-refractivity contribution in [1.29, 1.82) is 0 Å². The topological polar surface area (TPSA) is 38.9 Å². The van der Waals surface area contributed by atoms with Gasteiger partial charge in [0, 0.05) is 17.5 Å². The monoisotopic (exact) mass is 204 g/mol. The smallest absolute Gasteiger partial charge is 0.199 e. The number of fused-ring (bicyclic) bond motifs is 1. The molecule has 0 N–H and O–H groups in total. The van der Waals surface area contributed by atoms with E-state index in [1.165, 1.54) is 0 Å². The van der Waals surface area contributed by atoms with Crippen molar-refractivity contribution in [3.05, 3.63) is 23.7 Å². The van der Waals surface area contributed by atoms with Gasteiger partial charge in [-0.2, -0.15) is 4.98 Å². The normalized spacial score (nSPS) is 12.3. The van der Waals surface area contributed by atoms with Crippen LogP contribution in [0.1, 0.15) is 39.3 Å². The molecule has 0 amide bonds. The zero-order valence-electron chi connectivity index (χ0n) is 9.66. The maximum absolute atomic E-state index is 5.51. The number of nitrogens with zero attached hydrogens (tertiary/aromatic N) is 2. The lowest BCUT2D eigenvalue weighted by Crippen LogP contribution is -2.13. The standard InChI is InChI=1S/C12H16N2O/c1-5-10-14-11-8(15-10)6-7-9(13-11)12(2,3)4/h6-7H,5H2,1-4H3. The summed E-state index contributed by atoms with van der Waals surface area (Å²) in [6, 6.07) is 3.96. The molecule has 0 aromatic carbocycles. The van der Waals surface area contributed by atoms with Crippen LogP contribution in [0, 0.1) is 0 Å². The van der Waals surface area contributed by atoms with Gasteiger partial charge in [0.05, 0.1) is 0 Å². The number of hydrogen-bond donors (Lipinski definition) is 0. The lowest BCUT2D eigenvalue weighted by Gasteiger charge is -2.16. The SMILES string of the molecule is CCc1nc2nc(C(C)(C)C)ccc2o1. The summed E-state index contributed by atoms with van der Waals surface area (Å²) in [6.07, 6.45) is 0.807. The summed E-state index contributed by atoms with van der Waals surface area (Å²) < 4.78 is 5.51. The minimum Gasteiger partial charge on any atom is -0.439 e. The van der Waals surface area contributed by atoms with Crippen molar-refractivity contribution in [3.8, 4) is 0 Å².